The van der Waals surface area contributed by atoms with Crippen molar-refractivity contribution in [3.63, 3.8) is 0 Å². The van der Waals surface area contributed by atoms with Gasteiger partial charge in [-0.15, -0.1) is 0 Å². The number of methoxy groups -OCH3 is 1. The molecule has 2 rings (SSSR count). The number of hydrogen-bond acceptors (Lipinski definition) is 4. The molecule has 3 N–H and O–H groups in total. The Bertz CT molecular complexity index is 492. The van der Waals surface area contributed by atoms with Gasteiger partial charge in [-0.05, 0) is 12.0 Å². The maximum Gasteiger partial charge on any atom is 0.407 e. The van der Waals surface area contributed by atoms with Crippen LogP contribution in [0, 0.1) is 0 Å². The molecule has 1 aliphatic rings. The van der Waals surface area contributed by atoms with Crippen LogP contribution in [0.25, 0.3) is 0 Å². The van der Waals surface area contributed by atoms with Gasteiger partial charge in [0.25, 0.3) is 0 Å². The first-order valence-corrected chi connectivity index (χ1v) is 7.04. The summed E-state index contributed by atoms with van der Waals surface area (Å²) in [5.74, 6) is -0.319. The Morgan fingerprint density at radius 3 is 2.76 bits per heavy atom. The van der Waals surface area contributed by atoms with Crippen molar-refractivity contribution in [3.8, 4) is 0 Å². The number of alkyl carbamates (subject to hydrolysis) is 1. The second-order valence-electron chi connectivity index (χ2n) is 5.10. The van der Waals surface area contributed by atoms with E-state index in [0.29, 0.717) is 13.1 Å². The van der Waals surface area contributed by atoms with E-state index in [9.17, 15) is 9.59 Å². The standard InChI is InChI=1S/C15H21N3O3/c1-21-15(20)17-12-7-8-18(10-12)14(19)13(9-16)11-5-3-2-4-6-11/h2-6,12-13H,7-10,16H2,1H3,(H,17,20). The zero-order chi connectivity index (χ0) is 15.2. The monoisotopic (exact) mass is 291 g/mol. The number of carbonyl (C=O) groups excluding carboxylic acids is 2. The summed E-state index contributed by atoms with van der Waals surface area (Å²) in [7, 11) is 1.33. The second-order valence-corrected chi connectivity index (χ2v) is 5.10. The average molecular weight is 291 g/mol. The minimum atomic E-state index is -0.465. The lowest BCUT2D eigenvalue weighted by Gasteiger charge is -2.23. The van der Waals surface area contributed by atoms with Crippen LogP contribution in [0.2, 0.25) is 0 Å². The number of nitrogens with two attached hydrogens (primary N) is 1. The lowest BCUT2D eigenvalue weighted by Crippen LogP contribution is -2.40. The van der Waals surface area contributed by atoms with Crippen molar-refractivity contribution in [2.24, 2.45) is 5.73 Å². The topological polar surface area (TPSA) is 84.7 Å². The van der Waals surface area contributed by atoms with Gasteiger partial charge in [0.1, 0.15) is 0 Å². The maximum atomic E-state index is 12.6. The van der Waals surface area contributed by atoms with Crippen LogP contribution in [-0.4, -0.2) is 49.7 Å². The zero-order valence-electron chi connectivity index (χ0n) is 12.1. The summed E-state index contributed by atoms with van der Waals surface area (Å²) in [4.78, 5) is 25.5. The predicted molar refractivity (Wildman–Crippen MR) is 78.8 cm³/mol. The molecule has 6 nitrogen and oxygen atoms in total. The predicted octanol–water partition coefficient (Wildman–Crippen LogP) is 0.686. The van der Waals surface area contributed by atoms with Crippen molar-refractivity contribution in [2.75, 3.05) is 26.7 Å². The molecule has 2 atom stereocenters. The fraction of sp³-hybridized carbons (Fsp3) is 0.467. The van der Waals surface area contributed by atoms with Gasteiger partial charge in [0.05, 0.1) is 19.1 Å². The Kier molecular flexibility index (Phi) is 5.16. The number of ether oxygens (including phenoxy) is 1. The number of hydrogen-bond donors (Lipinski definition) is 2. The van der Waals surface area contributed by atoms with E-state index in [4.69, 9.17) is 5.73 Å². The molecule has 114 valence electrons. The van der Waals surface area contributed by atoms with Gasteiger partial charge in [0, 0.05) is 19.6 Å². The summed E-state index contributed by atoms with van der Waals surface area (Å²) in [6, 6.07) is 9.47. The van der Waals surface area contributed by atoms with Crippen molar-refractivity contribution in [1.82, 2.24) is 10.2 Å². The summed E-state index contributed by atoms with van der Waals surface area (Å²) < 4.78 is 4.57. The molecule has 1 saturated heterocycles. The fourth-order valence-corrected chi connectivity index (χ4v) is 2.59. The molecule has 1 aromatic rings. The van der Waals surface area contributed by atoms with Crippen LogP contribution in [0.3, 0.4) is 0 Å². The van der Waals surface area contributed by atoms with Crippen molar-refractivity contribution in [3.05, 3.63) is 35.9 Å². The van der Waals surface area contributed by atoms with E-state index in [2.05, 4.69) is 10.1 Å². The Balaban J connectivity index is 1.98. The highest BCUT2D eigenvalue weighted by Crippen LogP contribution is 2.20. The zero-order valence-corrected chi connectivity index (χ0v) is 12.1. The first-order valence-electron chi connectivity index (χ1n) is 7.04. The molecule has 6 heteroatoms. The third kappa shape index (κ3) is 3.72. The molecule has 2 unspecified atom stereocenters. The number of carbonyl (C=O) groups is 2. The largest absolute Gasteiger partial charge is 0.453 e. The number of likely N-dealkylation sites (tertiary alicyclic amines) is 1. The van der Waals surface area contributed by atoms with Crippen molar-refractivity contribution < 1.29 is 14.3 Å². The summed E-state index contributed by atoms with van der Waals surface area (Å²) in [5, 5.41) is 2.72. The molecule has 2 amide bonds. The quantitative estimate of drug-likeness (QED) is 0.854. The Morgan fingerprint density at radius 2 is 2.14 bits per heavy atom. The lowest BCUT2D eigenvalue weighted by atomic mass is 9.98. The molecule has 1 aliphatic heterocycles. The van der Waals surface area contributed by atoms with Gasteiger partial charge in [-0.3, -0.25) is 4.79 Å². The van der Waals surface area contributed by atoms with Crippen molar-refractivity contribution >= 4 is 12.0 Å². The SMILES string of the molecule is COC(=O)NC1CCN(C(=O)C(CN)c2ccccc2)C1. The molecule has 0 bridgehead atoms. The first-order chi connectivity index (χ1) is 10.2. The van der Waals surface area contributed by atoms with Gasteiger partial charge >= 0.3 is 6.09 Å². The third-order valence-corrected chi connectivity index (χ3v) is 3.74. The van der Waals surface area contributed by atoms with Crippen LogP contribution < -0.4 is 11.1 Å². The van der Waals surface area contributed by atoms with Gasteiger partial charge < -0.3 is 20.7 Å². The van der Waals surface area contributed by atoms with Crippen LogP contribution in [0.5, 0.6) is 0 Å². The molecule has 0 aromatic heterocycles. The molecule has 21 heavy (non-hydrogen) atoms. The summed E-state index contributed by atoms with van der Waals surface area (Å²) in [5.41, 5.74) is 6.70. The highest BCUT2D eigenvalue weighted by atomic mass is 16.5. The van der Waals surface area contributed by atoms with Gasteiger partial charge in [-0.2, -0.15) is 0 Å². The third-order valence-electron chi connectivity index (χ3n) is 3.74. The number of benzene rings is 1. The molecule has 1 fully saturated rings. The molecular formula is C15H21N3O3. The molecule has 0 radical (unpaired) electrons. The highest BCUT2D eigenvalue weighted by Gasteiger charge is 2.31. The Morgan fingerprint density at radius 1 is 1.43 bits per heavy atom. The van der Waals surface area contributed by atoms with Crippen LogP contribution in [0.4, 0.5) is 4.79 Å². The summed E-state index contributed by atoms with van der Waals surface area (Å²) in [6.45, 7) is 1.39. The van der Waals surface area contributed by atoms with Gasteiger partial charge in [-0.25, -0.2) is 4.79 Å². The number of amides is 2. The van der Waals surface area contributed by atoms with Crippen LogP contribution in [-0.2, 0) is 9.53 Å². The molecular weight excluding hydrogens is 270 g/mol. The van der Waals surface area contributed by atoms with Crippen LogP contribution in [0.1, 0.15) is 17.9 Å². The second kappa shape index (κ2) is 7.08. The highest BCUT2D eigenvalue weighted by molar-refractivity contribution is 5.84. The summed E-state index contributed by atoms with van der Waals surface area (Å²) in [6.07, 6.45) is 0.264. The first kappa shape index (κ1) is 15.3. The molecule has 1 heterocycles. The minimum absolute atomic E-state index is 0.0119. The number of nitrogens with zero attached hydrogens (tertiary/aromatic N) is 1. The molecule has 0 saturated carbocycles. The van der Waals surface area contributed by atoms with E-state index < -0.39 is 6.09 Å². The Labute approximate surface area is 124 Å². The molecule has 0 aliphatic carbocycles. The van der Waals surface area contributed by atoms with E-state index in [0.717, 1.165) is 12.0 Å². The van der Waals surface area contributed by atoms with Crippen LogP contribution >= 0.6 is 0 Å². The maximum absolute atomic E-state index is 12.6. The normalized spacial score (nSPS) is 19.1. The van der Waals surface area contributed by atoms with E-state index in [-0.39, 0.29) is 24.4 Å². The van der Waals surface area contributed by atoms with E-state index in [1.807, 2.05) is 30.3 Å². The lowest BCUT2D eigenvalue weighted by molar-refractivity contribution is -0.131. The van der Waals surface area contributed by atoms with E-state index in [1.165, 1.54) is 7.11 Å². The smallest absolute Gasteiger partial charge is 0.407 e. The number of rotatable bonds is 4. The van der Waals surface area contributed by atoms with Gasteiger partial charge in [0.2, 0.25) is 5.91 Å². The average Bonchev–Trinajstić information content (AvgIpc) is 2.97. The van der Waals surface area contributed by atoms with E-state index in [1.54, 1.807) is 4.90 Å². The van der Waals surface area contributed by atoms with Crippen molar-refractivity contribution in [2.45, 2.75) is 18.4 Å². The molecule has 0 spiro atoms. The van der Waals surface area contributed by atoms with Crippen LogP contribution in [0.15, 0.2) is 30.3 Å². The Hall–Kier alpha value is -2.08. The summed E-state index contributed by atoms with van der Waals surface area (Å²) >= 11 is 0. The molecule has 1 aromatic carbocycles. The van der Waals surface area contributed by atoms with Crippen molar-refractivity contribution in [1.29, 1.82) is 0 Å². The number of nitrogens with one attached hydrogen (secondary N) is 1. The fourth-order valence-electron chi connectivity index (χ4n) is 2.59. The van der Waals surface area contributed by atoms with E-state index >= 15 is 0 Å². The minimum Gasteiger partial charge on any atom is -0.453 e. The van der Waals surface area contributed by atoms with Gasteiger partial charge in [-0.1, -0.05) is 30.3 Å². The van der Waals surface area contributed by atoms with Gasteiger partial charge in [0.15, 0.2) is 0 Å².